The number of hydrogen-bond acceptors (Lipinski definition) is 1. The number of rotatable bonds is 4. The molecule has 0 saturated carbocycles. The van der Waals surface area contributed by atoms with Gasteiger partial charge in [0.1, 0.15) is 5.82 Å². The monoisotopic (exact) mass is 197 g/mol. The van der Waals surface area contributed by atoms with Crippen molar-refractivity contribution in [2.45, 2.75) is 12.8 Å². The molecule has 1 rings (SSSR count). The molecule has 0 unspecified atom stereocenters. The van der Waals surface area contributed by atoms with E-state index in [-0.39, 0.29) is 5.82 Å². The summed E-state index contributed by atoms with van der Waals surface area (Å²) in [4.78, 5) is 0. The van der Waals surface area contributed by atoms with E-state index in [0.29, 0.717) is 30.4 Å². The normalized spacial score (nSPS) is 11.8. The molecule has 0 aliphatic rings. The van der Waals surface area contributed by atoms with Gasteiger partial charge in [-0.3, -0.25) is 0 Å². The predicted octanol–water partition coefficient (Wildman–Crippen LogP) is 2.88. The first kappa shape index (κ1) is 10.9. The fourth-order valence-electron chi connectivity index (χ4n) is 1.22. The highest BCUT2D eigenvalue weighted by atomic mass is 19.1. The van der Waals surface area contributed by atoms with Gasteiger partial charge in [0.15, 0.2) is 0 Å². The molecule has 1 aromatic carbocycles. The molecule has 0 radical (unpaired) electrons. The van der Waals surface area contributed by atoms with E-state index in [2.05, 4.69) is 0 Å². The summed E-state index contributed by atoms with van der Waals surface area (Å²) in [7, 11) is 0. The van der Waals surface area contributed by atoms with Crippen LogP contribution in [0, 0.1) is 5.82 Å². The SMILES string of the molecule is NCCC/C(=C/F)c1ccc(F)cc1. The van der Waals surface area contributed by atoms with Gasteiger partial charge in [-0.15, -0.1) is 0 Å². The first-order chi connectivity index (χ1) is 6.77. The van der Waals surface area contributed by atoms with E-state index in [0.717, 1.165) is 6.42 Å². The van der Waals surface area contributed by atoms with Crippen LogP contribution >= 0.6 is 0 Å². The van der Waals surface area contributed by atoms with E-state index in [1.807, 2.05) is 0 Å². The Kier molecular flexibility index (Phi) is 4.26. The Morgan fingerprint density at radius 2 is 1.93 bits per heavy atom. The molecule has 1 aromatic rings. The minimum Gasteiger partial charge on any atom is -0.330 e. The van der Waals surface area contributed by atoms with Crippen LogP contribution in [0.4, 0.5) is 8.78 Å². The third-order valence-corrected chi connectivity index (χ3v) is 2.00. The lowest BCUT2D eigenvalue weighted by molar-refractivity contribution is 0.627. The Hall–Kier alpha value is -1.22. The van der Waals surface area contributed by atoms with Gasteiger partial charge in [0.2, 0.25) is 0 Å². The number of allylic oxidation sites excluding steroid dienone is 1. The van der Waals surface area contributed by atoms with Gasteiger partial charge in [-0.1, -0.05) is 12.1 Å². The first-order valence-electron chi connectivity index (χ1n) is 4.53. The van der Waals surface area contributed by atoms with Crippen LogP contribution in [0.1, 0.15) is 18.4 Å². The standard InChI is InChI=1S/C11H13F2N/c12-8-10(2-1-7-14)9-3-5-11(13)6-4-9/h3-6,8H,1-2,7,14H2/b10-8-. The number of hydrogen-bond donors (Lipinski definition) is 1. The van der Waals surface area contributed by atoms with E-state index < -0.39 is 0 Å². The fraction of sp³-hybridized carbons (Fsp3) is 0.273. The van der Waals surface area contributed by atoms with Crippen LogP contribution in [0.25, 0.3) is 5.57 Å². The summed E-state index contributed by atoms with van der Waals surface area (Å²) < 4.78 is 25.0. The molecule has 0 aliphatic heterocycles. The highest BCUT2D eigenvalue weighted by molar-refractivity contribution is 5.64. The van der Waals surface area contributed by atoms with Gasteiger partial charge in [0.25, 0.3) is 0 Å². The summed E-state index contributed by atoms with van der Waals surface area (Å²) in [6.07, 6.45) is 1.87. The largest absolute Gasteiger partial charge is 0.330 e. The van der Waals surface area contributed by atoms with Crippen LogP contribution in [0.15, 0.2) is 30.6 Å². The Labute approximate surface area is 82.2 Å². The smallest absolute Gasteiger partial charge is 0.123 e. The highest BCUT2D eigenvalue weighted by Gasteiger charge is 2.01. The molecule has 0 aromatic heterocycles. The Morgan fingerprint density at radius 3 is 2.43 bits per heavy atom. The van der Waals surface area contributed by atoms with Crippen LogP contribution in [0.2, 0.25) is 0 Å². The lowest BCUT2D eigenvalue weighted by atomic mass is 10.0. The zero-order valence-electron chi connectivity index (χ0n) is 7.84. The highest BCUT2D eigenvalue weighted by Crippen LogP contribution is 2.19. The van der Waals surface area contributed by atoms with Crippen LogP contribution in [-0.4, -0.2) is 6.54 Å². The molecule has 0 saturated heterocycles. The molecular weight excluding hydrogens is 184 g/mol. The van der Waals surface area contributed by atoms with E-state index >= 15 is 0 Å². The molecule has 3 heteroatoms. The fourth-order valence-corrected chi connectivity index (χ4v) is 1.22. The lowest BCUT2D eigenvalue weighted by Gasteiger charge is -2.04. The third-order valence-electron chi connectivity index (χ3n) is 2.00. The number of halogens is 2. The number of nitrogens with two attached hydrogens (primary N) is 1. The average molecular weight is 197 g/mol. The van der Waals surface area contributed by atoms with Gasteiger partial charge in [-0.25, -0.2) is 8.78 Å². The second-order valence-electron chi connectivity index (χ2n) is 3.03. The maximum absolute atomic E-state index is 12.6. The zero-order chi connectivity index (χ0) is 10.4. The summed E-state index contributed by atoms with van der Waals surface area (Å²) in [6, 6.07) is 5.77. The Morgan fingerprint density at radius 1 is 1.29 bits per heavy atom. The Bertz CT molecular complexity index is 304. The summed E-state index contributed by atoms with van der Waals surface area (Å²) in [5.41, 5.74) is 6.60. The van der Waals surface area contributed by atoms with Crippen molar-refractivity contribution in [3.05, 3.63) is 42.0 Å². The van der Waals surface area contributed by atoms with Crippen molar-refractivity contribution in [3.63, 3.8) is 0 Å². The van der Waals surface area contributed by atoms with Crippen LogP contribution in [0.3, 0.4) is 0 Å². The van der Waals surface area contributed by atoms with Crippen molar-refractivity contribution in [2.75, 3.05) is 6.54 Å². The molecule has 14 heavy (non-hydrogen) atoms. The maximum Gasteiger partial charge on any atom is 0.123 e. The molecule has 0 aliphatic carbocycles. The van der Waals surface area contributed by atoms with Gasteiger partial charge in [-0.05, 0) is 42.7 Å². The second kappa shape index (κ2) is 5.50. The van der Waals surface area contributed by atoms with Crippen molar-refractivity contribution in [2.24, 2.45) is 5.73 Å². The van der Waals surface area contributed by atoms with Crippen molar-refractivity contribution in [3.8, 4) is 0 Å². The Balaban J connectivity index is 2.75. The minimum absolute atomic E-state index is 0.314. The summed E-state index contributed by atoms with van der Waals surface area (Å²) >= 11 is 0. The molecule has 1 nitrogen and oxygen atoms in total. The van der Waals surface area contributed by atoms with E-state index in [9.17, 15) is 8.78 Å². The predicted molar refractivity (Wildman–Crippen MR) is 53.8 cm³/mol. The lowest BCUT2D eigenvalue weighted by Crippen LogP contribution is -1.98. The summed E-state index contributed by atoms with van der Waals surface area (Å²) in [6.45, 7) is 0.526. The topological polar surface area (TPSA) is 26.0 Å². The molecule has 0 amide bonds. The molecule has 0 spiro atoms. The van der Waals surface area contributed by atoms with Crippen LogP contribution in [0.5, 0.6) is 0 Å². The molecule has 0 fully saturated rings. The summed E-state index contributed by atoms with van der Waals surface area (Å²) in [5.74, 6) is -0.314. The average Bonchev–Trinajstić information content (AvgIpc) is 2.21. The quantitative estimate of drug-likeness (QED) is 0.789. The molecule has 76 valence electrons. The molecular formula is C11H13F2N. The second-order valence-corrected chi connectivity index (χ2v) is 3.03. The van der Waals surface area contributed by atoms with Gasteiger partial charge in [0, 0.05) is 0 Å². The minimum atomic E-state index is -0.314. The first-order valence-corrected chi connectivity index (χ1v) is 4.53. The van der Waals surface area contributed by atoms with Crippen molar-refractivity contribution < 1.29 is 8.78 Å². The molecule has 0 bridgehead atoms. The maximum atomic E-state index is 12.6. The van der Waals surface area contributed by atoms with Crippen LogP contribution in [-0.2, 0) is 0 Å². The van der Waals surface area contributed by atoms with Crippen molar-refractivity contribution in [1.29, 1.82) is 0 Å². The molecule has 0 atom stereocenters. The third kappa shape index (κ3) is 2.92. The zero-order valence-corrected chi connectivity index (χ0v) is 7.84. The van der Waals surface area contributed by atoms with E-state index in [1.54, 1.807) is 12.1 Å². The van der Waals surface area contributed by atoms with Gasteiger partial charge >= 0.3 is 0 Å². The van der Waals surface area contributed by atoms with E-state index in [4.69, 9.17) is 5.73 Å². The molecule has 2 N–H and O–H groups in total. The van der Waals surface area contributed by atoms with Crippen molar-refractivity contribution in [1.82, 2.24) is 0 Å². The van der Waals surface area contributed by atoms with E-state index in [1.165, 1.54) is 12.1 Å². The van der Waals surface area contributed by atoms with Gasteiger partial charge in [-0.2, -0.15) is 0 Å². The van der Waals surface area contributed by atoms with Gasteiger partial charge < -0.3 is 5.73 Å². The molecule has 0 heterocycles. The van der Waals surface area contributed by atoms with Gasteiger partial charge in [0.05, 0.1) is 6.33 Å². The van der Waals surface area contributed by atoms with Crippen molar-refractivity contribution >= 4 is 5.57 Å². The number of benzene rings is 1. The summed E-state index contributed by atoms with van der Waals surface area (Å²) in [5, 5.41) is 0. The van der Waals surface area contributed by atoms with Crippen LogP contribution < -0.4 is 5.73 Å².